The van der Waals surface area contributed by atoms with Crippen LogP contribution in [0.4, 0.5) is 0 Å². The van der Waals surface area contributed by atoms with Crippen molar-refractivity contribution in [1.29, 1.82) is 0 Å². The number of hydrogen-bond acceptors (Lipinski definition) is 3. The maximum absolute atomic E-state index is 12.2. The molecule has 1 amide bonds. The number of carbonyl (C=O) groups excluding carboxylic acids is 1. The van der Waals surface area contributed by atoms with E-state index in [0.717, 1.165) is 58.7 Å². The van der Waals surface area contributed by atoms with E-state index in [4.69, 9.17) is 0 Å². The van der Waals surface area contributed by atoms with Crippen LogP contribution in [0.25, 0.3) is 0 Å². The van der Waals surface area contributed by atoms with Crippen molar-refractivity contribution >= 4 is 30.7 Å². The molecule has 0 aromatic carbocycles. The lowest BCUT2D eigenvalue weighted by atomic mass is 9.98. The van der Waals surface area contributed by atoms with Crippen LogP contribution in [0.1, 0.15) is 19.8 Å². The number of halogens is 2. The zero-order valence-electron chi connectivity index (χ0n) is 11.1. The Morgan fingerprint density at radius 2 is 1.89 bits per heavy atom. The third-order valence-electron chi connectivity index (χ3n) is 3.78. The van der Waals surface area contributed by atoms with Crippen molar-refractivity contribution < 1.29 is 4.79 Å². The summed E-state index contributed by atoms with van der Waals surface area (Å²) in [6.45, 7) is 9.17. The van der Waals surface area contributed by atoms with Gasteiger partial charge in [-0.3, -0.25) is 4.79 Å². The first-order valence-corrected chi connectivity index (χ1v) is 6.53. The number of piperazine rings is 1. The Balaban J connectivity index is 0.00000144. The van der Waals surface area contributed by atoms with Gasteiger partial charge in [0.05, 0.1) is 5.92 Å². The predicted molar refractivity (Wildman–Crippen MR) is 78.8 cm³/mol. The molecule has 0 unspecified atom stereocenters. The van der Waals surface area contributed by atoms with Gasteiger partial charge in [0, 0.05) is 32.7 Å². The molecule has 0 spiro atoms. The Bertz CT molecular complexity index is 239. The minimum absolute atomic E-state index is 0. The van der Waals surface area contributed by atoms with Crippen molar-refractivity contribution in [3.05, 3.63) is 0 Å². The maximum atomic E-state index is 12.2. The van der Waals surface area contributed by atoms with Crippen LogP contribution < -0.4 is 5.32 Å². The van der Waals surface area contributed by atoms with Gasteiger partial charge in [-0.1, -0.05) is 6.92 Å². The minimum Gasteiger partial charge on any atom is -0.340 e. The predicted octanol–water partition coefficient (Wildman–Crippen LogP) is 0.994. The van der Waals surface area contributed by atoms with Crippen molar-refractivity contribution in [3.63, 3.8) is 0 Å². The van der Waals surface area contributed by atoms with Crippen LogP contribution in [-0.4, -0.2) is 61.5 Å². The van der Waals surface area contributed by atoms with Crippen molar-refractivity contribution in [3.8, 4) is 0 Å². The summed E-state index contributed by atoms with van der Waals surface area (Å²) in [6, 6.07) is 0. The third-order valence-corrected chi connectivity index (χ3v) is 3.78. The summed E-state index contributed by atoms with van der Waals surface area (Å²) < 4.78 is 0. The molecule has 2 heterocycles. The Morgan fingerprint density at radius 1 is 1.22 bits per heavy atom. The van der Waals surface area contributed by atoms with Crippen molar-refractivity contribution in [2.24, 2.45) is 5.92 Å². The molecule has 4 nitrogen and oxygen atoms in total. The van der Waals surface area contributed by atoms with E-state index in [9.17, 15) is 4.79 Å². The molecule has 2 rings (SSSR count). The summed E-state index contributed by atoms with van der Waals surface area (Å²) in [4.78, 5) is 16.7. The normalized spacial score (nSPS) is 24.9. The molecule has 1 N–H and O–H groups in total. The Labute approximate surface area is 122 Å². The van der Waals surface area contributed by atoms with E-state index in [-0.39, 0.29) is 30.7 Å². The molecule has 2 aliphatic heterocycles. The zero-order chi connectivity index (χ0) is 11.4. The fraction of sp³-hybridized carbons (Fsp3) is 0.917. The number of rotatable bonds is 2. The minimum atomic E-state index is 0. The summed E-state index contributed by atoms with van der Waals surface area (Å²) in [6.07, 6.45) is 2.21. The van der Waals surface area contributed by atoms with E-state index in [1.165, 1.54) is 0 Å². The van der Waals surface area contributed by atoms with Gasteiger partial charge in [-0.15, -0.1) is 24.8 Å². The summed E-state index contributed by atoms with van der Waals surface area (Å²) in [7, 11) is 0. The number of nitrogens with zero attached hydrogens (tertiary/aromatic N) is 2. The first-order chi connectivity index (χ1) is 7.81. The second-order valence-corrected chi connectivity index (χ2v) is 4.80. The van der Waals surface area contributed by atoms with E-state index >= 15 is 0 Å². The van der Waals surface area contributed by atoms with Gasteiger partial charge in [-0.25, -0.2) is 0 Å². The summed E-state index contributed by atoms with van der Waals surface area (Å²) >= 11 is 0. The topological polar surface area (TPSA) is 35.6 Å². The van der Waals surface area contributed by atoms with Gasteiger partial charge < -0.3 is 15.1 Å². The second-order valence-electron chi connectivity index (χ2n) is 4.80. The van der Waals surface area contributed by atoms with Gasteiger partial charge in [0.25, 0.3) is 0 Å². The van der Waals surface area contributed by atoms with Crippen molar-refractivity contribution in [2.45, 2.75) is 19.8 Å². The molecule has 2 aliphatic rings. The smallest absolute Gasteiger partial charge is 0.227 e. The van der Waals surface area contributed by atoms with Crippen molar-refractivity contribution in [2.75, 3.05) is 45.8 Å². The van der Waals surface area contributed by atoms with E-state index < -0.39 is 0 Å². The van der Waals surface area contributed by atoms with E-state index in [1.807, 2.05) is 0 Å². The molecule has 18 heavy (non-hydrogen) atoms. The van der Waals surface area contributed by atoms with Gasteiger partial charge in [0.1, 0.15) is 0 Å². The molecule has 0 aromatic heterocycles. The summed E-state index contributed by atoms with van der Waals surface area (Å²) in [5.74, 6) is 0.616. The molecular formula is C12H25Cl2N3O. The monoisotopic (exact) mass is 297 g/mol. The third kappa shape index (κ3) is 4.57. The molecule has 0 saturated carbocycles. The van der Waals surface area contributed by atoms with Crippen LogP contribution >= 0.6 is 24.8 Å². The first-order valence-electron chi connectivity index (χ1n) is 6.53. The maximum Gasteiger partial charge on any atom is 0.227 e. The Kier molecular flexibility index (Phi) is 8.95. The summed E-state index contributed by atoms with van der Waals surface area (Å²) in [5.41, 5.74) is 0. The molecule has 0 aromatic rings. The van der Waals surface area contributed by atoms with E-state index in [0.29, 0.717) is 5.91 Å². The van der Waals surface area contributed by atoms with Crippen LogP contribution in [0, 0.1) is 5.92 Å². The van der Waals surface area contributed by atoms with Crippen LogP contribution in [0.15, 0.2) is 0 Å². The quantitative estimate of drug-likeness (QED) is 0.826. The molecule has 2 saturated heterocycles. The molecule has 6 heteroatoms. The van der Waals surface area contributed by atoms with E-state index in [2.05, 4.69) is 22.0 Å². The van der Waals surface area contributed by atoms with Gasteiger partial charge in [-0.05, 0) is 25.9 Å². The number of hydrogen-bond donors (Lipinski definition) is 1. The highest BCUT2D eigenvalue weighted by molar-refractivity contribution is 5.85. The number of carbonyl (C=O) groups is 1. The second kappa shape index (κ2) is 8.97. The molecule has 0 bridgehead atoms. The number of amides is 1. The lowest BCUT2D eigenvalue weighted by Crippen LogP contribution is -2.52. The van der Waals surface area contributed by atoms with Crippen LogP contribution in [0.3, 0.4) is 0 Å². The average Bonchev–Trinajstić information content (AvgIpc) is 2.39. The molecule has 2 fully saturated rings. The van der Waals surface area contributed by atoms with Gasteiger partial charge in [0.15, 0.2) is 0 Å². The highest BCUT2D eigenvalue weighted by Crippen LogP contribution is 2.14. The number of piperidine rings is 1. The number of nitrogens with one attached hydrogen (secondary N) is 1. The summed E-state index contributed by atoms with van der Waals surface area (Å²) in [5, 5.41) is 3.32. The van der Waals surface area contributed by atoms with E-state index in [1.54, 1.807) is 0 Å². The molecule has 1 atom stereocenters. The first kappa shape index (κ1) is 18.0. The largest absolute Gasteiger partial charge is 0.340 e. The van der Waals surface area contributed by atoms with Gasteiger partial charge in [0.2, 0.25) is 5.91 Å². The lowest BCUT2D eigenvalue weighted by Gasteiger charge is -2.36. The van der Waals surface area contributed by atoms with Crippen molar-refractivity contribution in [1.82, 2.24) is 15.1 Å². The van der Waals surface area contributed by atoms with Crippen LogP contribution in [0.2, 0.25) is 0 Å². The van der Waals surface area contributed by atoms with Gasteiger partial charge in [-0.2, -0.15) is 0 Å². The fourth-order valence-corrected chi connectivity index (χ4v) is 2.61. The standard InChI is InChI=1S/C12H23N3O.2ClH/c1-2-14-6-8-15(9-7-14)12(16)11-4-3-5-13-10-11;;/h11,13H,2-10H2,1H3;2*1H/t11-;;/m1../s1. The van der Waals surface area contributed by atoms with Crippen LogP contribution in [-0.2, 0) is 4.79 Å². The number of likely N-dealkylation sites (N-methyl/N-ethyl adjacent to an activating group) is 1. The highest BCUT2D eigenvalue weighted by atomic mass is 35.5. The molecule has 0 radical (unpaired) electrons. The van der Waals surface area contributed by atoms with Gasteiger partial charge >= 0.3 is 0 Å². The fourth-order valence-electron chi connectivity index (χ4n) is 2.61. The molecule has 0 aliphatic carbocycles. The van der Waals surface area contributed by atoms with Crippen LogP contribution in [0.5, 0.6) is 0 Å². The average molecular weight is 298 g/mol. The zero-order valence-corrected chi connectivity index (χ0v) is 12.7. The Morgan fingerprint density at radius 3 is 2.39 bits per heavy atom. The molecule has 108 valence electrons. The Hall–Kier alpha value is -0.0300. The molecular weight excluding hydrogens is 273 g/mol. The SMILES string of the molecule is CCN1CCN(C(=O)[C@@H]2CCCNC2)CC1.Cl.Cl. The highest BCUT2D eigenvalue weighted by Gasteiger charge is 2.27. The lowest BCUT2D eigenvalue weighted by molar-refractivity contribution is -0.137.